The Morgan fingerprint density at radius 2 is 1.79 bits per heavy atom. The Bertz CT molecular complexity index is 1600. The lowest BCUT2D eigenvalue weighted by molar-refractivity contribution is 0.174. The first-order valence-electron chi connectivity index (χ1n) is 13.0. The van der Waals surface area contributed by atoms with Crippen molar-refractivity contribution < 1.29 is 29.2 Å². The maximum absolute atomic E-state index is 11.8. The van der Waals surface area contributed by atoms with Gasteiger partial charge < -0.3 is 34.5 Å². The van der Waals surface area contributed by atoms with Gasteiger partial charge in [0.2, 0.25) is 6.79 Å². The number of nitroso groups, excluding NO2 is 1. The van der Waals surface area contributed by atoms with Crippen molar-refractivity contribution in [2.45, 2.75) is 11.7 Å². The largest absolute Gasteiger partial charge is 0.504 e. The van der Waals surface area contributed by atoms with Crippen molar-refractivity contribution in [1.29, 1.82) is 0 Å². The van der Waals surface area contributed by atoms with Crippen LogP contribution in [0.3, 0.4) is 0 Å². The number of nitrogens with one attached hydrogen (secondary N) is 1. The maximum Gasteiger partial charge on any atom is 0.231 e. The topological polar surface area (TPSA) is 131 Å². The fraction of sp³-hybridized carbons (Fsp3) is 0.194. The molecule has 3 aromatic rings. The van der Waals surface area contributed by atoms with Gasteiger partial charge in [-0.1, -0.05) is 36.0 Å². The second kappa shape index (κ2) is 13.2. The Morgan fingerprint density at radius 1 is 1.02 bits per heavy atom. The number of fused-ring (bicyclic) bond motifs is 1. The van der Waals surface area contributed by atoms with Crippen molar-refractivity contribution in [3.63, 3.8) is 0 Å². The molecule has 0 saturated carbocycles. The number of methoxy groups -OCH3 is 2. The van der Waals surface area contributed by atoms with Crippen LogP contribution >= 0.6 is 11.8 Å². The molecule has 0 aromatic heterocycles. The van der Waals surface area contributed by atoms with E-state index >= 15 is 0 Å². The van der Waals surface area contributed by atoms with Gasteiger partial charge in [-0.3, -0.25) is 4.99 Å². The first kappa shape index (κ1) is 28.6. The Kier molecular flexibility index (Phi) is 8.98. The van der Waals surface area contributed by atoms with Gasteiger partial charge in [-0.2, -0.15) is 0 Å². The van der Waals surface area contributed by atoms with Crippen LogP contribution in [0, 0.1) is 4.91 Å². The molecule has 0 bridgehead atoms. The third-order valence-corrected chi connectivity index (χ3v) is 7.62. The summed E-state index contributed by atoms with van der Waals surface area (Å²) in [6.07, 6.45) is 7.57. The molecule has 2 aliphatic rings. The van der Waals surface area contributed by atoms with Gasteiger partial charge in [0.05, 0.1) is 19.5 Å². The fourth-order valence-electron chi connectivity index (χ4n) is 4.34. The molecule has 3 N–H and O–H groups in total. The highest BCUT2D eigenvalue weighted by Gasteiger charge is 2.22. The second-order valence-electron chi connectivity index (χ2n) is 9.27. The molecule has 0 spiro atoms. The molecule has 42 heavy (non-hydrogen) atoms. The summed E-state index contributed by atoms with van der Waals surface area (Å²) in [7, 11) is 2.97. The van der Waals surface area contributed by atoms with Crippen LogP contribution in [-0.4, -0.2) is 42.9 Å². The molecule has 1 unspecified atom stereocenters. The van der Waals surface area contributed by atoms with Gasteiger partial charge in [0.1, 0.15) is 5.70 Å². The Hall–Kier alpha value is -4.90. The molecule has 0 saturated heterocycles. The van der Waals surface area contributed by atoms with Gasteiger partial charge in [0.25, 0.3) is 0 Å². The predicted octanol–water partition coefficient (Wildman–Crippen LogP) is 6.07. The summed E-state index contributed by atoms with van der Waals surface area (Å²) < 4.78 is 21.3. The number of phenolic OH excluding ortho intramolecular Hbond substituents is 2. The molecule has 11 heteroatoms. The minimum atomic E-state index is -0.186. The molecule has 0 radical (unpaired) electrons. The van der Waals surface area contributed by atoms with E-state index in [2.05, 4.69) is 10.5 Å². The summed E-state index contributed by atoms with van der Waals surface area (Å²) in [5, 5.41) is 26.9. The molecule has 216 valence electrons. The number of phenols is 2. The zero-order valence-corrected chi connectivity index (χ0v) is 23.8. The van der Waals surface area contributed by atoms with Crippen LogP contribution in [0.1, 0.15) is 21.9 Å². The van der Waals surface area contributed by atoms with Gasteiger partial charge in [0.15, 0.2) is 39.7 Å². The van der Waals surface area contributed by atoms with Crippen molar-refractivity contribution in [1.82, 2.24) is 5.32 Å². The monoisotopic (exact) mass is 587 g/mol. The van der Waals surface area contributed by atoms with E-state index in [0.29, 0.717) is 35.3 Å². The van der Waals surface area contributed by atoms with Crippen LogP contribution in [0.4, 0.5) is 0 Å². The summed E-state index contributed by atoms with van der Waals surface area (Å²) in [4.78, 5) is 16.5. The molecule has 2 heterocycles. The molecular formula is C31H29N3O7S. The molecule has 3 aromatic carbocycles. The molecule has 0 fully saturated rings. The number of aromatic hydroxyl groups is 2. The van der Waals surface area contributed by atoms with E-state index in [0.717, 1.165) is 28.2 Å². The number of hydrogen-bond acceptors (Lipinski definition) is 10. The zero-order chi connectivity index (χ0) is 29.5. The Labute approximate surface area is 247 Å². The van der Waals surface area contributed by atoms with Gasteiger partial charge >= 0.3 is 0 Å². The number of aliphatic imine (C=N–C) groups is 1. The SMILES string of the molecule is COc1cc(/C=C/C(=C/C2=CC(c3ccc(O)c(OC)c3)SC(=NCCc3ccc4c(c3)OCO4)N2)N=O)ccc1O. The van der Waals surface area contributed by atoms with Crippen molar-refractivity contribution in [2.75, 3.05) is 27.6 Å². The maximum atomic E-state index is 11.8. The zero-order valence-electron chi connectivity index (χ0n) is 22.9. The van der Waals surface area contributed by atoms with Gasteiger partial charge in [0, 0.05) is 12.2 Å². The first-order valence-corrected chi connectivity index (χ1v) is 13.9. The standard InChI is InChI=1S/C31H29N3O7S/c1-38-27-13-19(4-8-24(27)35)3-7-22(34-37)16-23-17-30(21-6-9-25(36)28(15-21)39-2)42-31(33-23)32-12-11-20-5-10-26-29(14-20)41-18-40-26/h3-10,13-17,30,35-36H,11-12,18H2,1-2H3,(H,32,33)/b7-3+,22-16-. The minimum Gasteiger partial charge on any atom is -0.504 e. The smallest absolute Gasteiger partial charge is 0.231 e. The van der Waals surface area contributed by atoms with Crippen molar-refractivity contribution in [3.8, 4) is 34.5 Å². The van der Waals surface area contributed by atoms with Crippen molar-refractivity contribution in [2.24, 2.45) is 10.2 Å². The van der Waals surface area contributed by atoms with E-state index in [1.54, 1.807) is 42.5 Å². The second-order valence-corrected chi connectivity index (χ2v) is 10.4. The number of thioether (sulfide) groups is 1. The van der Waals surface area contributed by atoms with E-state index in [1.807, 2.05) is 30.3 Å². The number of nitrogens with zero attached hydrogens (tertiary/aromatic N) is 2. The highest BCUT2D eigenvalue weighted by Crippen LogP contribution is 2.39. The molecule has 0 aliphatic carbocycles. The van der Waals surface area contributed by atoms with E-state index in [9.17, 15) is 15.1 Å². The summed E-state index contributed by atoms with van der Waals surface area (Å²) in [6.45, 7) is 0.739. The number of allylic oxidation sites excluding steroid dienone is 2. The van der Waals surface area contributed by atoms with Crippen LogP contribution in [0.15, 0.2) is 94.4 Å². The number of amidine groups is 1. The Morgan fingerprint density at radius 3 is 2.57 bits per heavy atom. The summed E-state index contributed by atoms with van der Waals surface area (Å²) in [5.74, 6) is 2.22. The summed E-state index contributed by atoms with van der Waals surface area (Å²) in [6, 6.07) is 15.9. The van der Waals surface area contributed by atoms with Crippen LogP contribution < -0.4 is 24.3 Å². The number of ether oxygens (including phenoxy) is 4. The summed E-state index contributed by atoms with van der Waals surface area (Å²) >= 11 is 1.51. The minimum absolute atomic E-state index is 0.0234. The van der Waals surface area contributed by atoms with Crippen LogP contribution in [-0.2, 0) is 6.42 Å². The number of benzene rings is 3. The lowest BCUT2D eigenvalue weighted by Gasteiger charge is -2.23. The van der Waals surface area contributed by atoms with Crippen LogP contribution in [0.5, 0.6) is 34.5 Å². The molecule has 2 aliphatic heterocycles. The average Bonchev–Trinajstić information content (AvgIpc) is 3.48. The first-order chi connectivity index (χ1) is 20.4. The predicted molar refractivity (Wildman–Crippen MR) is 162 cm³/mol. The van der Waals surface area contributed by atoms with Gasteiger partial charge in [-0.05, 0) is 82.9 Å². The normalized spacial score (nSPS) is 17.2. The van der Waals surface area contributed by atoms with E-state index in [1.165, 1.54) is 32.0 Å². The average molecular weight is 588 g/mol. The van der Waals surface area contributed by atoms with Crippen molar-refractivity contribution in [3.05, 3.63) is 106 Å². The van der Waals surface area contributed by atoms with Gasteiger partial charge in [-0.25, -0.2) is 0 Å². The molecule has 10 nitrogen and oxygen atoms in total. The van der Waals surface area contributed by atoms with Crippen LogP contribution in [0.2, 0.25) is 0 Å². The third kappa shape index (κ3) is 6.87. The van der Waals surface area contributed by atoms with E-state index < -0.39 is 0 Å². The number of rotatable bonds is 10. The molecule has 1 atom stereocenters. The van der Waals surface area contributed by atoms with Crippen molar-refractivity contribution >= 4 is 23.0 Å². The van der Waals surface area contributed by atoms with Gasteiger partial charge in [-0.15, -0.1) is 4.91 Å². The highest BCUT2D eigenvalue weighted by atomic mass is 32.2. The molecule has 5 rings (SSSR count). The number of hydrogen-bond donors (Lipinski definition) is 3. The third-order valence-electron chi connectivity index (χ3n) is 6.51. The van der Waals surface area contributed by atoms with E-state index in [4.69, 9.17) is 23.9 Å². The van der Waals surface area contributed by atoms with E-state index in [-0.39, 0.29) is 29.2 Å². The highest BCUT2D eigenvalue weighted by molar-refractivity contribution is 8.14. The fourth-order valence-corrected chi connectivity index (χ4v) is 5.42. The lowest BCUT2D eigenvalue weighted by Crippen LogP contribution is -2.25. The van der Waals surface area contributed by atoms with Crippen LogP contribution in [0.25, 0.3) is 6.08 Å². The molecular weight excluding hydrogens is 558 g/mol. The lowest BCUT2D eigenvalue weighted by atomic mass is 10.1. The Balaban J connectivity index is 1.39. The quantitative estimate of drug-likeness (QED) is 0.191. The molecule has 0 amide bonds. The summed E-state index contributed by atoms with van der Waals surface area (Å²) in [5.41, 5.74) is 3.49.